The van der Waals surface area contributed by atoms with Crippen LogP contribution in [-0.4, -0.2) is 38.6 Å². The number of anilines is 1. The summed E-state index contributed by atoms with van der Waals surface area (Å²) in [4.78, 5) is 8.15. The third-order valence-corrected chi connectivity index (χ3v) is 1.96. The van der Waals surface area contributed by atoms with Gasteiger partial charge in [0.1, 0.15) is 0 Å². The van der Waals surface area contributed by atoms with Gasteiger partial charge in [-0.15, -0.1) is 5.10 Å². The van der Waals surface area contributed by atoms with E-state index in [1.54, 1.807) is 36.6 Å². The van der Waals surface area contributed by atoms with Gasteiger partial charge in [-0.25, -0.2) is 9.97 Å². The van der Waals surface area contributed by atoms with Gasteiger partial charge in [0.2, 0.25) is 5.95 Å². The zero-order chi connectivity index (χ0) is 11.2. The fourth-order valence-electron chi connectivity index (χ4n) is 1.15. The van der Waals surface area contributed by atoms with Crippen molar-refractivity contribution in [1.82, 2.24) is 25.0 Å². The first-order chi connectivity index (χ1) is 7.88. The lowest BCUT2D eigenvalue weighted by molar-refractivity contribution is 0.411. The lowest BCUT2D eigenvalue weighted by atomic mass is 10.6. The second-order valence-electron chi connectivity index (χ2n) is 3.04. The summed E-state index contributed by atoms with van der Waals surface area (Å²) < 4.78 is 6.69. The zero-order valence-electron chi connectivity index (χ0n) is 8.87. The molecule has 2 rings (SSSR count). The molecule has 0 aliphatic carbocycles. The van der Waals surface area contributed by atoms with E-state index in [2.05, 4.69) is 25.6 Å². The number of methoxy groups -OCH3 is 1. The Hall–Kier alpha value is -2.18. The van der Waals surface area contributed by atoms with Crippen LogP contribution in [0.15, 0.2) is 24.8 Å². The van der Waals surface area contributed by atoms with E-state index >= 15 is 0 Å². The molecule has 0 fully saturated rings. The molecular formula is C9H12N6O. The Bertz CT molecular complexity index is 412. The molecule has 7 heteroatoms. The van der Waals surface area contributed by atoms with Gasteiger partial charge in [-0.05, 0) is 0 Å². The molecule has 0 radical (unpaired) electrons. The van der Waals surface area contributed by atoms with Crippen molar-refractivity contribution in [1.29, 1.82) is 0 Å². The minimum atomic E-state index is 0.570. The topological polar surface area (TPSA) is 77.8 Å². The fraction of sp³-hybridized carbons (Fsp3) is 0.333. The van der Waals surface area contributed by atoms with E-state index in [4.69, 9.17) is 4.74 Å². The van der Waals surface area contributed by atoms with Gasteiger partial charge in [0.15, 0.2) is 5.75 Å². The predicted octanol–water partition coefficient (Wildman–Crippen LogP) is 0.189. The van der Waals surface area contributed by atoms with Gasteiger partial charge in [-0.1, -0.05) is 5.21 Å². The number of ether oxygens (including phenoxy) is 1. The maximum atomic E-state index is 4.96. The van der Waals surface area contributed by atoms with Crippen LogP contribution in [0.5, 0.6) is 5.75 Å². The average Bonchev–Trinajstić information content (AvgIpc) is 2.83. The predicted molar refractivity (Wildman–Crippen MR) is 57.1 cm³/mol. The van der Waals surface area contributed by atoms with Gasteiger partial charge in [0, 0.05) is 12.7 Å². The van der Waals surface area contributed by atoms with E-state index in [0.29, 0.717) is 18.2 Å². The molecular weight excluding hydrogens is 208 g/mol. The lowest BCUT2D eigenvalue weighted by Crippen LogP contribution is -2.12. The highest BCUT2D eigenvalue weighted by Gasteiger charge is 1.97. The molecule has 0 atom stereocenters. The first-order valence-electron chi connectivity index (χ1n) is 4.82. The molecule has 0 aromatic carbocycles. The monoisotopic (exact) mass is 220 g/mol. The van der Waals surface area contributed by atoms with Crippen molar-refractivity contribution in [3.63, 3.8) is 0 Å². The van der Waals surface area contributed by atoms with E-state index in [-0.39, 0.29) is 0 Å². The van der Waals surface area contributed by atoms with Gasteiger partial charge in [0.25, 0.3) is 0 Å². The number of hydrogen-bond acceptors (Lipinski definition) is 6. The molecule has 7 nitrogen and oxygen atoms in total. The molecule has 0 unspecified atom stereocenters. The first-order valence-corrected chi connectivity index (χ1v) is 4.82. The molecule has 0 bridgehead atoms. The molecule has 0 aliphatic heterocycles. The summed E-state index contributed by atoms with van der Waals surface area (Å²) in [6.45, 7) is 1.41. The van der Waals surface area contributed by atoms with Crippen molar-refractivity contribution in [2.24, 2.45) is 0 Å². The minimum absolute atomic E-state index is 0.570. The Balaban J connectivity index is 1.81. The maximum absolute atomic E-state index is 4.96. The smallest absolute Gasteiger partial charge is 0.222 e. The molecule has 0 saturated heterocycles. The largest absolute Gasteiger partial charge is 0.494 e. The Morgan fingerprint density at radius 2 is 2.19 bits per heavy atom. The van der Waals surface area contributed by atoms with Crippen molar-refractivity contribution in [2.45, 2.75) is 6.54 Å². The van der Waals surface area contributed by atoms with Crippen LogP contribution < -0.4 is 10.1 Å². The van der Waals surface area contributed by atoms with Gasteiger partial charge < -0.3 is 10.1 Å². The summed E-state index contributed by atoms with van der Waals surface area (Å²) in [6.07, 6.45) is 6.68. The lowest BCUT2D eigenvalue weighted by Gasteiger charge is -2.04. The third kappa shape index (κ3) is 2.66. The van der Waals surface area contributed by atoms with Gasteiger partial charge in [-0.3, -0.25) is 4.68 Å². The van der Waals surface area contributed by atoms with E-state index in [1.165, 1.54) is 0 Å². The summed E-state index contributed by atoms with van der Waals surface area (Å²) >= 11 is 0. The summed E-state index contributed by atoms with van der Waals surface area (Å²) in [7, 11) is 1.58. The van der Waals surface area contributed by atoms with E-state index in [9.17, 15) is 0 Å². The number of nitrogens with one attached hydrogen (secondary N) is 1. The van der Waals surface area contributed by atoms with Crippen molar-refractivity contribution >= 4 is 5.95 Å². The van der Waals surface area contributed by atoms with Crippen LogP contribution in [0.2, 0.25) is 0 Å². The van der Waals surface area contributed by atoms with E-state index < -0.39 is 0 Å². The molecule has 0 spiro atoms. The van der Waals surface area contributed by atoms with Crippen LogP contribution in [0.1, 0.15) is 0 Å². The Labute approximate surface area is 92.5 Å². The van der Waals surface area contributed by atoms with Crippen LogP contribution >= 0.6 is 0 Å². The van der Waals surface area contributed by atoms with E-state index in [1.807, 2.05) is 0 Å². The summed E-state index contributed by atoms with van der Waals surface area (Å²) in [5, 5.41) is 10.6. The zero-order valence-corrected chi connectivity index (χ0v) is 8.87. The molecule has 2 heterocycles. The Morgan fingerprint density at radius 3 is 2.81 bits per heavy atom. The average molecular weight is 220 g/mol. The Morgan fingerprint density at radius 1 is 1.38 bits per heavy atom. The second kappa shape index (κ2) is 5.06. The third-order valence-electron chi connectivity index (χ3n) is 1.96. The quantitative estimate of drug-likeness (QED) is 0.775. The van der Waals surface area contributed by atoms with Crippen LogP contribution in [-0.2, 0) is 6.54 Å². The van der Waals surface area contributed by atoms with E-state index in [0.717, 1.165) is 6.54 Å². The van der Waals surface area contributed by atoms with Crippen LogP contribution in [0, 0.1) is 0 Å². The number of rotatable bonds is 5. The van der Waals surface area contributed by atoms with Crippen LogP contribution in [0.3, 0.4) is 0 Å². The molecule has 16 heavy (non-hydrogen) atoms. The highest BCUT2D eigenvalue weighted by atomic mass is 16.5. The second-order valence-corrected chi connectivity index (χ2v) is 3.04. The first kappa shape index (κ1) is 10.3. The number of hydrogen-bond donors (Lipinski definition) is 1. The number of nitrogens with zero attached hydrogens (tertiary/aromatic N) is 5. The highest BCUT2D eigenvalue weighted by Crippen LogP contribution is 2.06. The molecule has 2 aromatic rings. The molecule has 84 valence electrons. The Kier molecular flexibility index (Phi) is 3.27. The van der Waals surface area contributed by atoms with Crippen molar-refractivity contribution in [3.8, 4) is 5.75 Å². The normalized spacial score (nSPS) is 10.1. The maximum Gasteiger partial charge on any atom is 0.222 e. The van der Waals surface area contributed by atoms with Gasteiger partial charge >= 0.3 is 0 Å². The summed E-state index contributed by atoms with van der Waals surface area (Å²) in [5.41, 5.74) is 0. The SMILES string of the molecule is COc1cnc(NCCn2ccnn2)nc1. The van der Waals surface area contributed by atoms with Crippen LogP contribution in [0.4, 0.5) is 5.95 Å². The van der Waals surface area contributed by atoms with Crippen molar-refractivity contribution in [3.05, 3.63) is 24.8 Å². The van der Waals surface area contributed by atoms with Crippen LogP contribution in [0.25, 0.3) is 0 Å². The highest BCUT2D eigenvalue weighted by molar-refractivity contribution is 5.26. The number of aromatic nitrogens is 5. The molecule has 1 N–H and O–H groups in total. The van der Waals surface area contributed by atoms with Gasteiger partial charge in [-0.2, -0.15) is 0 Å². The van der Waals surface area contributed by atoms with Crippen molar-refractivity contribution < 1.29 is 4.74 Å². The minimum Gasteiger partial charge on any atom is -0.494 e. The standard InChI is InChI=1S/C9H12N6O/c1-16-8-6-11-9(12-7-8)10-2-4-15-5-3-13-14-15/h3,5-7H,2,4H2,1H3,(H,10,11,12). The summed E-state index contributed by atoms with van der Waals surface area (Å²) in [6, 6.07) is 0. The molecule has 0 saturated carbocycles. The molecule has 0 amide bonds. The molecule has 0 aliphatic rings. The van der Waals surface area contributed by atoms with Crippen molar-refractivity contribution in [2.75, 3.05) is 19.0 Å². The summed E-state index contributed by atoms with van der Waals surface area (Å²) in [5.74, 6) is 1.21. The fourth-order valence-corrected chi connectivity index (χ4v) is 1.15. The molecule has 2 aromatic heterocycles. The van der Waals surface area contributed by atoms with Gasteiger partial charge in [0.05, 0.1) is 32.2 Å².